The summed E-state index contributed by atoms with van der Waals surface area (Å²) in [4.78, 5) is 11.5. The van der Waals surface area contributed by atoms with Crippen LogP contribution in [0.1, 0.15) is 5.76 Å². The summed E-state index contributed by atoms with van der Waals surface area (Å²) in [5, 5.41) is 10.1. The minimum Gasteiger partial charge on any atom is -0.382 e. The molecule has 1 amide bonds. The van der Waals surface area contributed by atoms with E-state index in [9.17, 15) is 4.79 Å². The molecular formula is C9H11N5O2. The molecule has 2 rings (SSSR count). The largest absolute Gasteiger partial charge is 0.382 e. The van der Waals surface area contributed by atoms with Crippen molar-refractivity contribution in [2.24, 2.45) is 0 Å². The summed E-state index contributed by atoms with van der Waals surface area (Å²) in [5.41, 5.74) is 5.42. The van der Waals surface area contributed by atoms with E-state index in [-0.39, 0.29) is 12.5 Å². The minimum atomic E-state index is -0.239. The highest BCUT2D eigenvalue weighted by Gasteiger charge is 2.07. The SMILES string of the molecule is Cc1cc(NC(=O)Cn2ccc(N)n2)no1. The standard InChI is InChI=1S/C9H11N5O2/c1-6-4-8(13-16-6)11-9(15)5-14-3-2-7(10)12-14/h2-4H,5H2,1H3,(H2,10,12)(H,11,13,15). The van der Waals surface area contributed by atoms with Crippen molar-refractivity contribution in [3.05, 3.63) is 24.1 Å². The predicted octanol–water partition coefficient (Wildman–Crippen LogP) is 0.400. The number of nitrogens with zero attached hydrogens (tertiary/aromatic N) is 3. The van der Waals surface area contributed by atoms with Gasteiger partial charge in [0.05, 0.1) is 0 Å². The molecule has 0 saturated carbocycles. The number of anilines is 2. The summed E-state index contributed by atoms with van der Waals surface area (Å²) in [7, 11) is 0. The number of aryl methyl sites for hydroxylation is 1. The molecule has 0 unspecified atom stereocenters. The molecule has 2 heterocycles. The third-order valence-electron chi connectivity index (χ3n) is 1.86. The summed E-state index contributed by atoms with van der Waals surface area (Å²) in [6.45, 7) is 1.83. The fourth-order valence-electron chi connectivity index (χ4n) is 1.22. The molecule has 0 atom stereocenters. The van der Waals surface area contributed by atoms with Crippen molar-refractivity contribution in [1.29, 1.82) is 0 Å². The molecule has 0 saturated heterocycles. The molecule has 0 aliphatic rings. The van der Waals surface area contributed by atoms with E-state index in [1.165, 1.54) is 4.68 Å². The molecule has 84 valence electrons. The summed E-state index contributed by atoms with van der Waals surface area (Å²) in [5.74, 6) is 1.17. The predicted molar refractivity (Wildman–Crippen MR) is 56.5 cm³/mol. The van der Waals surface area contributed by atoms with Gasteiger partial charge in [-0.05, 0) is 13.0 Å². The Morgan fingerprint density at radius 3 is 3.06 bits per heavy atom. The van der Waals surface area contributed by atoms with Gasteiger partial charge in [-0.3, -0.25) is 9.48 Å². The number of nitrogens with two attached hydrogens (primary N) is 1. The highest BCUT2D eigenvalue weighted by atomic mass is 16.5. The topological polar surface area (TPSA) is 99.0 Å². The molecule has 16 heavy (non-hydrogen) atoms. The Labute approximate surface area is 91.2 Å². The number of rotatable bonds is 3. The van der Waals surface area contributed by atoms with Crippen LogP contribution in [0.3, 0.4) is 0 Å². The number of hydrogen-bond donors (Lipinski definition) is 2. The van der Waals surface area contributed by atoms with Crippen molar-refractivity contribution in [3.63, 3.8) is 0 Å². The van der Waals surface area contributed by atoms with E-state index in [2.05, 4.69) is 15.6 Å². The molecule has 0 radical (unpaired) electrons. The Morgan fingerprint density at radius 2 is 2.50 bits per heavy atom. The van der Waals surface area contributed by atoms with E-state index in [4.69, 9.17) is 10.3 Å². The molecule has 0 bridgehead atoms. The molecule has 0 aliphatic carbocycles. The maximum Gasteiger partial charge on any atom is 0.247 e. The van der Waals surface area contributed by atoms with Crippen molar-refractivity contribution in [2.75, 3.05) is 11.1 Å². The molecule has 3 N–H and O–H groups in total. The summed E-state index contributed by atoms with van der Waals surface area (Å²) < 4.78 is 6.25. The van der Waals surface area contributed by atoms with E-state index < -0.39 is 0 Å². The highest BCUT2D eigenvalue weighted by Crippen LogP contribution is 2.06. The number of carbonyl (C=O) groups excluding carboxylic acids is 1. The lowest BCUT2D eigenvalue weighted by Crippen LogP contribution is -2.19. The van der Waals surface area contributed by atoms with Gasteiger partial charge in [0.2, 0.25) is 5.91 Å². The number of carbonyl (C=O) groups is 1. The second kappa shape index (κ2) is 4.05. The molecule has 7 heteroatoms. The first-order valence-corrected chi connectivity index (χ1v) is 4.65. The summed E-state index contributed by atoms with van der Waals surface area (Å²) in [6.07, 6.45) is 1.63. The van der Waals surface area contributed by atoms with Gasteiger partial charge in [-0.2, -0.15) is 5.10 Å². The van der Waals surface area contributed by atoms with Gasteiger partial charge in [-0.15, -0.1) is 0 Å². The molecule has 0 fully saturated rings. The normalized spacial score (nSPS) is 10.3. The average molecular weight is 221 g/mol. The zero-order valence-electron chi connectivity index (χ0n) is 8.67. The lowest BCUT2D eigenvalue weighted by Gasteiger charge is -2.00. The lowest BCUT2D eigenvalue weighted by molar-refractivity contribution is -0.116. The molecule has 2 aromatic rings. The van der Waals surface area contributed by atoms with Gasteiger partial charge in [0.25, 0.3) is 0 Å². The van der Waals surface area contributed by atoms with Crippen molar-refractivity contribution >= 4 is 17.5 Å². The van der Waals surface area contributed by atoms with Crippen LogP contribution in [-0.4, -0.2) is 20.8 Å². The van der Waals surface area contributed by atoms with Gasteiger partial charge >= 0.3 is 0 Å². The monoisotopic (exact) mass is 221 g/mol. The number of nitrogens with one attached hydrogen (secondary N) is 1. The zero-order valence-corrected chi connectivity index (χ0v) is 8.67. The van der Waals surface area contributed by atoms with Crippen LogP contribution in [0.15, 0.2) is 22.9 Å². The zero-order chi connectivity index (χ0) is 11.5. The van der Waals surface area contributed by atoms with E-state index in [0.29, 0.717) is 17.4 Å². The fourth-order valence-corrected chi connectivity index (χ4v) is 1.22. The van der Waals surface area contributed by atoms with Crippen molar-refractivity contribution in [3.8, 4) is 0 Å². The van der Waals surface area contributed by atoms with Crippen LogP contribution >= 0.6 is 0 Å². The van der Waals surface area contributed by atoms with Crippen LogP contribution < -0.4 is 11.1 Å². The molecular weight excluding hydrogens is 210 g/mol. The maximum atomic E-state index is 11.5. The van der Waals surface area contributed by atoms with Crippen LogP contribution in [0.5, 0.6) is 0 Å². The Hall–Kier alpha value is -2.31. The third kappa shape index (κ3) is 2.38. The summed E-state index contributed by atoms with van der Waals surface area (Å²) >= 11 is 0. The van der Waals surface area contributed by atoms with Crippen LogP contribution in [0.2, 0.25) is 0 Å². The molecule has 0 spiro atoms. The Kier molecular flexibility index (Phi) is 2.59. The van der Waals surface area contributed by atoms with Crippen LogP contribution in [0.25, 0.3) is 0 Å². The Morgan fingerprint density at radius 1 is 1.69 bits per heavy atom. The highest BCUT2D eigenvalue weighted by molar-refractivity contribution is 5.89. The average Bonchev–Trinajstić information content (AvgIpc) is 2.76. The first-order chi connectivity index (χ1) is 7.63. The first kappa shape index (κ1) is 10.2. The Balaban J connectivity index is 1.94. The van der Waals surface area contributed by atoms with Gasteiger partial charge in [0.15, 0.2) is 5.82 Å². The fraction of sp³-hybridized carbons (Fsp3) is 0.222. The van der Waals surface area contributed by atoms with Gasteiger partial charge in [0, 0.05) is 12.3 Å². The number of hydrogen-bond acceptors (Lipinski definition) is 5. The van der Waals surface area contributed by atoms with Gasteiger partial charge in [-0.1, -0.05) is 5.16 Å². The number of amides is 1. The summed E-state index contributed by atoms with van der Waals surface area (Å²) in [6, 6.07) is 3.25. The second-order valence-electron chi connectivity index (χ2n) is 3.31. The van der Waals surface area contributed by atoms with E-state index in [0.717, 1.165) is 0 Å². The molecule has 0 aromatic carbocycles. The van der Waals surface area contributed by atoms with Crippen molar-refractivity contribution in [2.45, 2.75) is 13.5 Å². The maximum absolute atomic E-state index is 11.5. The van der Waals surface area contributed by atoms with E-state index in [1.807, 2.05) is 0 Å². The lowest BCUT2D eigenvalue weighted by atomic mass is 10.5. The first-order valence-electron chi connectivity index (χ1n) is 4.65. The van der Waals surface area contributed by atoms with Gasteiger partial charge in [0.1, 0.15) is 18.1 Å². The second-order valence-corrected chi connectivity index (χ2v) is 3.31. The van der Waals surface area contributed by atoms with Crippen molar-refractivity contribution < 1.29 is 9.32 Å². The molecule has 7 nitrogen and oxygen atoms in total. The van der Waals surface area contributed by atoms with Gasteiger partial charge in [-0.25, -0.2) is 0 Å². The molecule has 0 aliphatic heterocycles. The minimum absolute atomic E-state index is 0.0864. The van der Waals surface area contributed by atoms with Gasteiger partial charge < -0.3 is 15.6 Å². The van der Waals surface area contributed by atoms with Crippen LogP contribution in [0, 0.1) is 6.92 Å². The number of nitrogen functional groups attached to an aromatic ring is 1. The van der Waals surface area contributed by atoms with E-state index >= 15 is 0 Å². The smallest absolute Gasteiger partial charge is 0.247 e. The Bertz CT molecular complexity index is 457. The van der Waals surface area contributed by atoms with E-state index in [1.54, 1.807) is 25.3 Å². The van der Waals surface area contributed by atoms with Crippen LogP contribution in [-0.2, 0) is 11.3 Å². The van der Waals surface area contributed by atoms with Crippen molar-refractivity contribution in [1.82, 2.24) is 14.9 Å². The van der Waals surface area contributed by atoms with Crippen LogP contribution in [0.4, 0.5) is 11.6 Å². The number of aromatic nitrogens is 3. The third-order valence-corrected chi connectivity index (χ3v) is 1.86. The molecule has 2 aromatic heterocycles. The quantitative estimate of drug-likeness (QED) is 0.781.